The van der Waals surface area contributed by atoms with Crippen LogP contribution in [-0.4, -0.2) is 5.78 Å². The lowest BCUT2D eigenvalue weighted by atomic mass is 9.73. The Morgan fingerprint density at radius 1 is 0.739 bits per heavy atom. The molecular formula is C21H25NO. The van der Waals surface area contributed by atoms with Gasteiger partial charge in [-0.25, -0.2) is 0 Å². The Morgan fingerprint density at radius 2 is 1.13 bits per heavy atom. The molecule has 2 aromatic rings. The SMILES string of the molecule is CC[C@@H]1C(=O)[C@H](CC)[C@@H](c2ccccc2)N[C@H]1c1ccccc1. The highest BCUT2D eigenvalue weighted by atomic mass is 16.1. The van der Waals surface area contributed by atoms with Crippen LogP contribution in [0.3, 0.4) is 0 Å². The third-order valence-corrected chi connectivity index (χ3v) is 5.09. The minimum absolute atomic E-state index is 0.0577. The van der Waals surface area contributed by atoms with Crippen LogP contribution in [-0.2, 0) is 4.79 Å². The number of piperidine rings is 1. The smallest absolute Gasteiger partial charge is 0.142 e. The summed E-state index contributed by atoms with van der Waals surface area (Å²) in [5.74, 6) is 0.529. The van der Waals surface area contributed by atoms with Crippen LogP contribution in [0.2, 0.25) is 0 Å². The summed E-state index contributed by atoms with van der Waals surface area (Å²) in [6, 6.07) is 21.0. The van der Waals surface area contributed by atoms with E-state index in [-0.39, 0.29) is 23.9 Å². The first-order valence-corrected chi connectivity index (χ1v) is 8.65. The molecule has 0 radical (unpaired) electrons. The highest BCUT2D eigenvalue weighted by molar-refractivity contribution is 5.86. The Bertz CT molecular complexity index is 582. The van der Waals surface area contributed by atoms with E-state index in [1.165, 1.54) is 11.1 Å². The number of hydrogen-bond donors (Lipinski definition) is 1. The summed E-state index contributed by atoms with van der Waals surface area (Å²) in [6.07, 6.45) is 1.76. The van der Waals surface area contributed by atoms with Crippen molar-refractivity contribution in [2.24, 2.45) is 11.8 Å². The van der Waals surface area contributed by atoms with Gasteiger partial charge in [0.1, 0.15) is 5.78 Å². The first-order chi connectivity index (χ1) is 11.3. The van der Waals surface area contributed by atoms with E-state index in [4.69, 9.17) is 0 Å². The lowest BCUT2D eigenvalue weighted by molar-refractivity contribution is -0.132. The van der Waals surface area contributed by atoms with Crippen molar-refractivity contribution in [1.29, 1.82) is 0 Å². The second-order valence-electron chi connectivity index (χ2n) is 6.38. The molecule has 0 bridgehead atoms. The van der Waals surface area contributed by atoms with Crippen LogP contribution < -0.4 is 5.32 Å². The number of hydrogen-bond acceptors (Lipinski definition) is 2. The van der Waals surface area contributed by atoms with Gasteiger partial charge in [0.2, 0.25) is 0 Å². The van der Waals surface area contributed by atoms with E-state index in [1.54, 1.807) is 0 Å². The summed E-state index contributed by atoms with van der Waals surface area (Å²) < 4.78 is 0. The molecule has 1 saturated heterocycles. The third-order valence-electron chi connectivity index (χ3n) is 5.09. The van der Waals surface area contributed by atoms with Crippen LogP contribution >= 0.6 is 0 Å². The molecule has 23 heavy (non-hydrogen) atoms. The maximum absolute atomic E-state index is 13.1. The maximum Gasteiger partial charge on any atom is 0.142 e. The van der Waals surface area contributed by atoms with Crippen LogP contribution in [0.4, 0.5) is 0 Å². The number of rotatable bonds is 4. The molecule has 0 saturated carbocycles. The number of benzene rings is 2. The first kappa shape index (κ1) is 15.9. The number of ketones is 1. The predicted molar refractivity (Wildman–Crippen MR) is 94.1 cm³/mol. The van der Waals surface area contributed by atoms with E-state index in [2.05, 4.69) is 67.7 Å². The van der Waals surface area contributed by atoms with Crippen molar-refractivity contribution >= 4 is 5.78 Å². The molecule has 1 fully saturated rings. The fraction of sp³-hybridized carbons (Fsp3) is 0.381. The molecule has 2 aromatic carbocycles. The second kappa shape index (κ2) is 7.10. The first-order valence-electron chi connectivity index (χ1n) is 8.65. The van der Waals surface area contributed by atoms with E-state index in [1.807, 2.05) is 12.1 Å². The van der Waals surface area contributed by atoms with Gasteiger partial charge in [0.15, 0.2) is 0 Å². The molecule has 0 unspecified atom stereocenters. The fourth-order valence-electron chi connectivity index (χ4n) is 3.88. The molecule has 0 amide bonds. The Labute approximate surface area is 138 Å². The van der Waals surface area contributed by atoms with E-state index in [0.717, 1.165) is 12.8 Å². The lowest BCUT2D eigenvalue weighted by Crippen LogP contribution is -2.48. The average molecular weight is 307 g/mol. The molecule has 0 aliphatic carbocycles. The molecule has 1 N–H and O–H groups in total. The van der Waals surface area contributed by atoms with Gasteiger partial charge in [-0.3, -0.25) is 4.79 Å². The van der Waals surface area contributed by atoms with Crippen molar-refractivity contribution < 1.29 is 4.79 Å². The van der Waals surface area contributed by atoms with Gasteiger partial charge in [0, 0.05) is 23.9 Å². The lowest BCUT2D eigenvalue weighted by Gasteiger charge is -2.41. The minimum atomic E-state index is 0.0577. The van der Waals surface area contributed by atoms with Gasteiger partial charge >= 0.3 is 0 Å². The Morgan fingerprint density at radius 3 is 1.48 bits per heavy atom. The third kappa shape index (κ3) is 3.09. The summed E-state index contributed by atoms with van der Waals surface area (Å²) in [6.45, 7) is 4.24. The van der Waals surface area contributed by atoms with Gasteiger partial charge in [-0.2, -0.15) is 0 Å². The standard InChI is InChI=1S/C21H25NO/c1-3-17-19(15-11-7-5-8-12-15)22-20(18(4-2)21(17)23)16-13-9-6-10-14-16/h5-14,17-20,22H,3-4H2,1-2H3/t17-,18+,19-,20+. The summed E-state index contributed by atoms with van der Waals surface area (Å²) >= 11 is 0. The van der Waals surface area contributed by atoms with E-state index in [0.29, 0.717) is 5.78 Å². The number of carbonyl (C=O) groups is 1. The van der Waals surface area contributed by atoms with Gasteiger partial charge in [0.05, 0.1) is 0 Å². The zero-order valence-electron chi connectivity index (χ0n) is 13.9. The highest BCUT2D eigenvalue weighted by Gasteiger charge is 2.42. The zero-order chi connectivity index (χ0) is 16.2. The van der Waals surface area contributed by atoms with Crippen molar-refractivity contribution in [3.8, 4) is 0 Å². The molecule has 4 atom stereocenters. The quantitative estimate of drug-likeness (QED) is 0.887. The molecule has 1 heterocycles. The van der Waals surface area contributed by atoms with Crippen LogP contribution in [0, 0.1) is 11.8 Å². The average Bonchev–Trinajstić information content (AvgIpc) is 2.62. The van der Waals surface area contributed by atoms with Crippen LogP contribution in [0.1, 0.15) is 49.9 Å². The van der Waals surface area contributed by atoms with Gasteiger partial charge in [-0.1, -0.05) is 74.5 Å². The number of carbonyl (C=O) groups excluding carboxylic acids is 1. The van der Waals surface area contributed by atoms with Crippen molar-refractivity contribution in [3.63, 3.8) is 0 Å². The van der Waals surface area contributed by atoms with E-state index < -0.39 is 0 Å². The molecule has 1 aliphatic heterocycles. The fourth-order valence-corrected chi connectivity index (χ4v) is 3.88. The van der Waals surface area contributed by atoms with Crippen LogP contribution in [0.25, 0.3) is 0 Å². The highest BCUT2D eigenvalue weighted by Crippen LogP contribution is 2.40. The Hall–Kier alpha value is -1.93. The van der Waals surface area contributed by atoms with Crippen molar-refractivity contribution in [3.05, 3.63) is 71.8 Å². The molecule has 3 rings (SSSR count). The largest absolute Gasteiger partial charge is 0.302 e. The van der Waals surface area contributed by atoms with Gasteiger partial charge in [-0.05, 0) is 24.0 Å². The summed E-state index contributed by atoms with van der Waals surface area (Å²) in [4.78, 5) is 13.1. The summed E-state index contributed by atoms with van der Waals surface area (Å²) in [5, 5.41) is 3.80. The number of nitrogens with one attached hydrogen (secondary N) is 1. The van der Waals surface area contributed by atoms with Crippen molar-refractivity contribution in [2.45, 2.75) is 38.8 Å². The van der Waals surface area contributed by atoms with E-state index >= 15 is 0 Å². The molecule has 120 valence electrons. The normalized spacial score (nSPS) is 27.8. The molecular weight excluding hydrogens is 282 g/mol. The molecule has 2 heteroatoms. The predicted octanol–water partition coefficient (Wildman–Crippen LogP) is 4.69. The van der Waals surface area contributed by atoms with Crippen molar-refractivity contribution in [2.75, 3.05) is 0 Å². The Balaban J connectivity index is 1.99. The van der Waals surface area contributed by atoms with Gasteiger partial charge in [-0.15, -0.1) is 0 Å². The van der Waals surface area contributed by atoms with Crippen LogP contribution in [0.5, 0.6) is 0 Å². The van der Waals surface area contributed by atoms with Crippen molar-refractivity contribution in [1.82, 2.24) is 5.32 Å². The molecule has 0 aromatic heterocycles. The zero-order valence-corrected chi connectivity index (χ0v) is 13.9. The molecule has 2 nitrogen and oxygen atoms in total. The van der Waals surface area contributed by atoms with E-state index in [9.17, 15) is 4.79 Å². The Kier molecular flexibility index (Phi) is 4.92. The molecule has 1 aliphatic rings. The van der Waals surface area contributed by atoms with Crippen LogP contribution in [0.15, 0.2) is 60.7 Å². The summed E-state index contributed by atoms with van der Waals surface area (Å²) in [5.41, 5.74) is 2.42. The maximum atomic E-state index is 13.1. The monoisotopic (exact) mass is 307 g/mol. The molecule has 0 spiro atoms. The van der Waals surface area contributed by atoms with Gasteiger partial charge < -0.3 is 5.32 Å². The summed E-state index contributed by atoms with van der Waals surface area (Å²) in [7, 11) is 0. The topological polar surface area (TPSA) is 29.1 Å². The van der Waals surface area contributed by atoms with Gasteiger partial charge in [0.25, 0.3) is 0 Å². The number of Topliss-reactive ketones (excluding diaryl/α,β-unsaturated/α-hetero) is 1. The minimum Gasteiger partial charge on any atom is -0.302 e. The second-order valence-corrected chi connectivity index (χ2v) is 6.38.